The summed E-state index contributed by atoms with van der Waals surface area (Å²) >= 11 is 9.23. The van der Waals surface area contributed by atoms with Gasteiger partial charge in [0.15, 0.2) is 0 Å². The molecule has 8 heteroatoms. The van der Waals surface area contributed by atoms with E-state index in [0.29, 0.717) is 26.6 Å². The first-order valence-corrected chi connectivity index (χ1v) is 8.36. The number of nitrogens with one attached hydrogen (secondary N) is 1. The van der Waals surface area contributed by atoms with Crippen LogP contribution in [0.2, 0.25) is 5.02 Å². The maximum Gasteiger partial charge on any atom is 0.265 e. The van der Waals surface area contributed by atoms with E-state index in [-0.39, 0.29) is 4.90 Å². The zero-order valence-corrected chi connectivity index (χ0v) is 14.3. The third-order valence-corrected chi connectivity index (χ3v) is 5.92. The summed E-state index contributed by atoms with van der Waals surface area (Å²) in [6.07, 6.45) is 0. The lowest BCUT2D eigenvalue weighted by molar-refractivity contribution is 0.599. The molecule has 0 fully saturated rings. The maximum atomic E-state index is 12.5. The first-order valence-electron chi connectivity index (χ1n) is 5.71. The van der Waals surface area contributed by atoms with Crippen molar-refractivity contribution in [3.8, 4) is 0 Å². The molecular formula is C12H13BrClN3O2S. The average Bonchev–Trinajstić information content (AvgIpc) is 2.59. The number of anilines is 1. The Bertz CT molecular complexity index is 771. The summed E-state index contributed by atoms with van der Waals surface area (Å²) < 4.78 is 29.6. The molecule has 0 bridgehead atoms. The molecule has 2 aromatic rings. The summed E-state index contributed by atoms with van der Waals surface area (Å²) in [5, 5.41) is 4.55. The molecule has 20 heavy (non-hydrogen) atoms. The monoisotopic (exact) mass is 377 g/mol. The Balaban J connectivity index is 2.49. The van der Waals surface area contributed by atoms with Crippen molar-refractivity contribution < 1.29 is 8.42 Å². The minimum absolute atomic E-state index is 0.187. The number of aromatic nitrogens is 2. The Morgan fingerprint density at radius 1 is 1.35 bits per heavy atom. The first-order chi connectivity index (χ1) is 9.24. The van der Waals surface area contributed by atoms with Crippen molar-refractivity contribution in [1.29, 1.82) is 0 Å². The summed E-state index contributed by atoms with van der Waals surface area (Å²) in [6.45, 7) is 3.37. The molecule has 0 saturated carbocycles. The molecule has 5 nitrogen and oxygen atoms in total. The van der Waals surface area contributed by atoms with E-state index in [1.54, 1.807) is 39.1 Å². The molecule has 1 aromatic carbocycles. The lowest BCUT2D eigenvalue weighted by atomic mass is 10.3. The summed E-state index contributed by atoms with van der Waals surface area (Å²) in [5.41, 5.74) is 1.42. The van der Waals surface area contributed by atoms with Gasteiger partial charge < -0.3 is 0 Å². The van der Waals surface area contributed by atoms with E-state index >= 15 is 0 Å². The van der Waals surface area contributed by atoms with E-state index in [0.717, 1.165) is 0 Å². The number of nitrogens with zero attached hydrogens (tertiary/aromatic N) is 2. The molecule has 2 rings (SSSR count). The van der Waals surface area contributed by atoms with Gasteiger partial charge in [-0.25, -0.2) is 8.42 Å². The molecule has 0 radical (unpaired) electrons. The second kappa shape index (κ2) is 5.38. The van der Waals surface area contributed by atoms with Crippen LogP contribution in [0, 0.1) is 13.8 Å². The van der Waals surface area contributed by atoms with E-state index < -0.39 is 10.0 Å². The predicted molar refractivity (Wildman–Crippen MR) is 82.6 cm³/mol. The molecule has 0 aliphatic carbocycles. The van der Waals surface area contributed by atoms with Crippen molar-refractivity contribution in [3.63, 3.8) is 0 Å². The van der Waals surface area contributed by atoms with Gasteiger partial charge in [0, 0.05) is 7.05 Å². The third kappa shape index (κ3) is 2.70. The summed E-state index contributed by atoms with van der Waals surface area (Å²) in [4.78, 5) is 0.187. The third-order valence-electron chi connectivity index (χ3n) is 2.91. The highest BCUT2D eigenvalue weighted by molar-refractivity contribution is 9.10. The molecule has 0 aliphatic heterocycles. The van der Waals surface area contributed by atoms with Crippen LogP contribution >= 0.6 is 27.5 Å². The SMILES string of the molecule is Cc1nn(C)c(C)c1S(=O)(=O)Nc1cccc(Cl)c1Br. The van der Waals surface area contributed by atoms with Gasteiger partial charge in [-0.2, -0.15) is 5.10 Å². The van der Waals surface area contributed by atoms with Crippen LogP contribution in [0.25, 0.3) is 0 Å². The Morgan fingerprint density at radius 3 is 2.55 bits per heavy atom. The van der Waals surface area contributed by atoms with Crippen LogP contribution in [0.15, 0.2) is 27.6 Å². The van der Waals surface area contributed by atoms with Crippen LogP contribution in [-0.4, -0.2) is 18.2 Å². The van der Waals surface area contributed by atoms with Gasteiger partial charge in [-0.05, 0) is 41.9 Å². The van der Waals surface area contributed by atoms with E-state index in [1.807, 2.05) is 0 Å². The van der Waals surface area contributed by atoms with Crippen molar-refractivity contribution in [1.82, 2.24) is 9.78 Å². The number of hydrogen-bond donors (Lipinski definition) is 1. The predicted octanol–water partition coefficient (Wildman–Crippen LogP) is 3.25. The van der Waals surface area contributed by atoms with Gasteiger partial charge in [0.1, 0.15) is 4.90 Å². The largest absolute Gasteiger partial charge is 0.278 e. The van der Waals surface area contributed by atoms with Crippen LogP contribution in [0.5, 0.6) is 0 Å². The summed E-state index contributed by atoms with van der Waals surface area (Å²) in [5.74, 6) is 0. The molecular weight excluding hydrogens is 366 g/mol. The number of rotatable bonds is 3. The number of sulfonamides is 1. The minimum atomic E-state index is -3.72. The fraction of sp³-hybridized carbons (Fsp3) is 0.250. The maximum absolute atomic E-state index is 12.5. The van der Waals surface area contributed by atoms with Gasteiger partial charge in [-0.3, -0.25) is 9.40 Å². The Morgan fingerprint density at radius 2 is 2.00 bits per heavy atom. The van der Waals surface area contributed by atoms with Gasteiger partial charge in [0.2, 0.25) is 0 Å². The highest BCUT2D eigenvalue weighted by Crippen LogP contribution is 2.32. The van der Waals surface area contributed by atoms with Gasteiger partial charge in [0.05, 0.1) is 26.6 Å². The van der Waals surface area contributed by atoms with E-state index in [2.05, 4.69) is 25.8 Å². The molecule has 108 valence electrons. The number of hydrogen-bond acceptors (Lipinski definition) is 3. The zero-order chi connectivity index (χ0) is 15.1. The number of benzene rings is 1. The van der Waals surface area contributed by atoms with Gasteiger partial charge in [0.25, 0.3) is 10.0 Å². The molecule has 0 saturated heterocycles. The van der Waals surface area contributed by atoms with Crippen LogP contribution in [0.1, 0.15) is 11.4 Å². The van der Waals surface area contributed by atoms with Gasteiger partial charge >= 0.3 is 0 Å². The Labute approximate surface area is 131 Å². The van der Waals surface area contributed by atoms with Gasteiger partial charge in [-0.15, -0.1) is 0 Å². The fourth-order valence-corrected chi connectivity index (χ4v) is 4.10. The molecule has 1 heterocycles. The Hall–Kier alpha value is -1.05. The highest BCUT2D eigenvalue weighted by Gasteiger charge is 2.24. The molecule has 1 aromatic heterocycles. The molecule has 1 N–H and O–H groups in total. The second-order valence-corrected chi connectivity index (χ2v) is 7.15. The van der Waals surface area contributed by atoms with Crippen molar-refractivity contribution in [2.45, 2.75) is 18.7 Å². The second-order valence-electron chi connectivity index (χ2n) is 4.33. The van der Waals surface area contributed by atoms with E-state index in [9.17, 15) is 8.42 Å². The quantitative estimate of drug-likeness (QED) is 0.891. The lowest BCUT2D eigenvalue weighted by Gasteiger charge is -2.10. The average molecular weight is 379 g/mol. The summed E-state index contributed by atoms with van der Waals surface area (Å²) in [7, 11) is -2.01. The summed E-state index contributed by atoms with van der Waals surface area (Å²) in [6, 6.07) is 4.98. The molecule has 0 spiro atoms. The van der Waals surface area contributed by atoms with Crippen LogP contribution < -0.4 is 4.72 Å². The van der Waals surface area contributed by atoms with Crippen molar-refractivity contribution in [2.75, 3.05) is 4.72 Å². The van der Waals surface area contributed by atoms with Gasteiger partial charge in [-0.1, -0.05) is 17.7 Å². The lowest BCUT2D eigenvalue weighted by Crippen LogP contribution is -2.15. The van der Waals surface area contributed by atoms with Crippen LogP contribution in [-0.2, 0) is 17.1 Å². The molecule has 0 amide bonds. The van der Waals surface area contributed by atoms with Crippen LogP contribution in [0.4, 0.5) is 5.69 Å². The molecule has 0 unspecified atom stereocenters. The Kier molecular flexibility index (Phi) is 4.13. The standard InChI is InChI=1S/C12H13BrClN3O2S/c1-7-12(8(2)17(3)15-7)20(18,19)16-10-6-4-5-9(14)11(10)13/h4-6,16H,1-3H3. The first kappa shape index (κ1) is 15.3. The minimum Gasteiger partial charge on any atom is -0.278 e. The fourth-order valence-electron chi connectivity index (χ4n) is 1.92. The van der Waals surface area contributed by atoms with Crippen LogP contribution in [0.3, 0.4) is 0 Å². The number of aryl methyl sites for hydroxylation is 2. The number of halogens is 2. The van der Waals surface area contributed by atoms with E-state index in [4.69, 9.17) is 11.6 Å². The smallest absolute Gasteiger partial charge is 0.265 e. The van der Waals surface area contributed by atoms with Crippen molar-refractivity contribution >= 4 is 43.2 Å². The van der Waals surface area contributed by atoms with Crippen molar-refractivity contribution in [3.05, 3.63) is 39.1 Å². The topological polar surface area (TPSA) is 64.0 Å². The zero-order valence-electron chi connectivity index (χ0n) is 11.1. The molecule has 0 atom stereocenters. The van der Waals surface area contributed by atoms with Crippen molar-refractivity contribution in [2.24, 2.45) is 7.05 Å². The normalized spacial score (nSPS) is 11.7. The highest BCUT2D eigenvalue weighted by atomic mass is 79.9. The van der Waals surface area contributed by atoms with E-state index in [1.165, 1.54) is 4.68 Å². The molecule has 0 aliphatic rings.